The lowest BCUT2D eigenvalue weighted by Gasteiger charge is -2.14. The smallest absolute Gasteiger partial charge is 0.161 e. The average Bonchev–Trinajstić information content (AvgIpc) is 2.37. The van der Waals surface area contributed by atoms with E-state index in [1.807, 2.05) is 39.0 Å². The van der Waals surface area contributed by atoms with Gasteiger partial charge < -0.3 is 20.0 Å². The molecule has 1 aromatic rings. The fourth-order valence-electron chi connectivity index (χ4n) is 1.46. The minimum Gasteiger partial charge on any atom is -0.490 e. The van der Waals surface area contributed by atoms with E-state index in [4.69, 9.17) is 14.6 Å². The van der Waals surface area contributed by atoms with Crippen molar-refractivity contribution in [1.29, 1.82) is 0 Å². The summed E-state index contributed by atoms with van der Waals surface area (Å²) in [7, 11) is 0. The van der Waals surface area contributed by atoms with Gasteiger partial charge in [-0.1, -0.05) is 0 Å². The minimum atomic E-state index is 0.0582. The second-order valence-corrected chi connectivity index (χ2v) is 4.20. The van der Waals surface area contributed by atoms with Crippen molar-refractivity contribution in [1.82, 2.24) is 5.43 Å². The third-order valence-corrected chi connectivity index (χ3v) is 2.16. The van der Waals surface area contributed by atoms with E-state index in [1.165, 1.54) is 0 Å². The van der Waals surface area contributed by atoms with E-state index in [-0.39, 0.29) is 12.7 Å². The fourth-order valence-corrected chi connectivity index (χ4v) is 1.46. The van der Waals surface area contributed by atoms with Crippen LogP contribution in [0.25, 0.3) is 0 Å². The van der Waals surface area contributed by atoms with Gasteiger partial charge in [0, 0.05) is 0 Å². The first kappa shape index (κ1) is 15.3. The number of nitrogens with zero attached hydrogens (tertiary/aromatic N) is 1. The molecule has 0 amide bonds. The second kappa shape index (κ2) is 8.37. The second-order valence-electron chi connectivity index (χ2n) is 4.20. The van der Waals surface area contributed by atoms with Crippen molar-refractivity contribution in [3.63, 3.8) is 0 Å². The Hall–Kier alpha value is -1.75. The van der Waals surface area contributed by atoms with Gasteiger partial charge in [-0.25, -0.2) is 0 Å². The molecule has 1 rings (SSSR count). The van der Waals surface area contributed by atoms with Gasteiger partial charge in [0.25, 0.3) is 0 Å². The first-order valence-corrected chi connectivity index (χ1v) is 6.47. The van der Waals surface area contributed by atoms with Crippen LogP contribution in [-0.4, -0.2) is 37.2 Å². The van der Waals surface area contributed by atoms with Crippen LogP contribution in [0.5, 0.6) is 11.5 Å². The lowest BCUT2D eigenvalue weighted by molar-refractivity contribution is 0.224. The number of aliphatic hydroxyl groups excluding tert-OH is 1. The molecule has 0 unspecified atom stereocenters. The number of aliphatic hydroxyl groups is 1. The molecular weight excluding hydrogens is 244 g/mol. The predicted octanol–water partition coefficient (Wildman–Crippen LogP) is 1.79. The van der Waals surface area contributed by atoms with Crippen molar-refractivity contribution in [3.8, 4) is 11.5 Å². The highest BCUT2D eigenvalue weighted by molar-refractivity contribution is 5.80. The van der Waals surface area contributed by atoms with Crippen LogP contribution in [0, 0.1) is 0 Å². The van der Waals surface area contributed by atoms with E-state index >= 15 is 0 Å². The molecule has 0 aliphatic heterocycles. The lowest BCUT2D eigenvalue weighted by Crippen LogP contribution is -2.11. The van der Waals surface area contributed by atoms with Crippen molar-refractivity contribution in [2.45, 2.75) is 26.9 Å². The lowest BCUT2D eigenvalue weighted by atomic mass is 10.2. The number of nitrogens with one attached hydrogen (secondary N) is 1. The van der Waals surface area contributed by atoms with Gasteiger partial charge in [0.1, 0.15) is 0 Å². The molecule has 0 heterocycles. The Morgan fingerprint density at radius 3 is 2.79 bits per heavy atom. The molecule has 0 fully saturated rings. The van der Waals surface area contributed by atoms with E-state index in [1.54, 1.807) is 6.21 Å². The van der Waals surface area contributed by atoms with Gasteiger partial charge in [0.2, 0.25) is 0 Å². The number of hydrogen-bond acceptors (Lipinski definition) is 5. The maximum absolute atomic E-state index is 8.62. The molecule has 0 radical (unpaired) electrons. The largest absolute Gasteiger partial charge is 0.490 e. The zero-order valence-corrected chi connectivity index (χ0v) is 11.7. The van der Waals surface area contributed by atoms with E-state index in [9.17, 15) is 0 Å². The molecule has 0 atom stereocenters. The van der Waals surface area contributed by atoms with Crippen LogP contribution in [0.3, 0.4) is 0 Å². The number of hydrogen-bond donors (Lipinski definition) is 2. The highest BCUT2D eigenvalue weighted by atomic mass is 16.5. The maximum Gasteiger partial charge on any atom is 0.161 e. The van der Waals surface area contributed by atoms with Crippen molar-refractivity contribution >= 4 is 6.21 Å². The van der Waals surface area contributed by atoms with Crippen LogP contribution in [0.1, 0.15) is 26.3 Å². The Kier molecular flexibility index (Phi) is 6.74. The molecule has 0 bridgehead atoms. The summed E-state index contributed by atoms with van der Waals surface area (Å²) >= 11 is 0. The molecule has 0 spiro atoms. The van der Waals surface area contributed by atoms with E-state index in [2.05, 4.69) is 10.5 Å². The summed E-state index contributed by atoms with van der Waals surface area (Å²) in [6, 6.07) is 5.66. The number of ether oxygens (including phenoxy) is 2. The quantitative estimate of drug-likeness (QED) is 0.428. The molecule has 19 heavy (non-hydrogen) atoms. The Labute approximate surface area is 114 Å². The highest BCUT2D eigenvalue weighted by Gasteiger charge is 2.07. The third kappa shape index (κ3) is 5.61. The molecule has 0 saturated carbocycles. The summed E-state index contributed by atoms with van der Waals surface area (Å²) in [6.07, 6.45) is 1.78. The Morgan fingerprint density at radius 1 is 1.37 bits per heavy atom. The molecule has 5 nitrogen and oxygen atoms in total. The first-order chi connectivity index (χ1) is 9.17. The molecule has 5 heteroatoms. The molecule has 0 aromatic heterocycles. The summed E-state index contributed by atoms with van der Waals surface area (Å²) < 4.78 is 11.2. The summed E-state index contributed by atoms with van der Waals surface area (Å²) in [4.78, 5) is 0. The van der Waals surface area contributed by atoms with Crippen molar-refractivity contribution in [2.24, 2.45) is 5.10 Å². The standard InChI is InChI=1S/C14H22N2O3/c1-4-18-14-9-12(10-16-15-7-8-17)5-6-13(14)19-11(2)3/h5-6,9-11,15,17H,4,7-8H2,1-3H3. The average molecular weight is 266 g/mol. The van der Waals surface area contributed by atoms with E-state index in [0.717, 1.165) is 11.3 Å². The summed E-state index contributed by atoms with van der Waals surface area (Å²) in [5, 5.41) is 12.6. The summed E-state index contributed by atoms with van der Waals surface area (Å²) in [5.74, 6) is 1.44. The molecule has 0 saturated heterocycles. The van der Waals surface area contributed by atoms with Crippen LogP contribution >= 0.6 is 0 Å². The van der Waals surface area contributed by atoms with Crippen molar-refractivity contribution in [2.75, 3.05) is 19.8 Å². The molecule has 2 N–H and O–H groups in total. The van der Waals surface area contributed by atoms with Crippen molar-refractivity contribution < 1.29 is 14.6 Å². The van der Waals surface area contributed by atoms with E-state index < -0.39 is 0 Å². The maximum atomic E-state index is 8.62. The van der Waals surface area contributed by atoms with Gasteiger partial charge in [-0.15, -0.1) is 0 Å². The zero-order chi connectivity index (χ0) is 14.1. The van der Waals surface area contributed by atoms with Gasteiger partial charge in [0.15, 0.2) is 11.5 Å². The van der Waals surface area contributed by atoms with E-state index in [0.29, 0.717) is 18.9 Å². The van der Waals surface area contributed by atoms with Crippen LogP contribution in [0.4, 0.5) is 0 Å². The molecule has 1 aromatic carbocycles. The first-order valence-electron chi connectivity index (χ1n) is 6.47. The van der Waals surface area contributed by atoms with Gasteiger partial charge in [-0.05, 0) is 44.5 Å². The van der Waals surface area contributed by atoms with Gasteiger partial charge in [-0.3, -0.25) is 0 Å². The summed E-state index contributed by atoms with van der Waals surface area (Å²) in [6.45, 7) is 6.96. The van der Waals surface area contributed by atoms with Gasteiger partial charge in [0.05, 0.1) is 32.1 Å². The number of benzene rings is 1. The zero-order valence-electron chi connectivity index (χ0n) is 11.7. The fraction of sp³-hybridized carbons (Fsp3) is 0.500. The van der Waals surface area contributed by atoms with Gasteiger partial charge in [-0.2, -0.15) is 5.10 Å². The molecular formula is C14H22N2O3. The Bertz CT molecular complexity index is 406. The number of rotatable bonds is 8. The minimum absolute atomic E-state index is 0.0582. The molecule has 106 valence electrons. The topological polar surface area (TPSA) is 63.1 Å². The van der Waals surface area contributed by atoms with Crippen LogP contribution < -0.4 is 14.9 Å². The SMILES string of the molecule is CCOc1cc(C=NNCCO)ccc1OC(C)C. The molecule has 0 aliphatic rings. The highest BCUT2D eigenvalue weighted by Crippen LogP contribution is 2.28. The van der Waals surface area contributed by atoms with Crippen LogP contribution in [-0.2, 0) is 0 Å². The Balaban J connectivity index is 2.79. The monoisotopic (exact) mass is 266 g/mol. The van der Waals surface area contributed by atoms with Crippen LogP contribution in [0.15, 0.2) is 23.3 Å². The normalized spacial score (nSPS) is 11.0. The number of hydrazone groups is 1. The van der Waals surface area contributed by atoms with Crippen molar-refractivity contribution in [3.05, 3.63) is 23.8 Å². The third-order valence-electron chi connectivity index (χ3n) is 2.16. The Morgan fingerprint density at radius 2 is 2.16 bits per heavy atom. The summed E-state index contributed by atoms with van der Waals surface area (Å²) in [5.41, 5.74) is 3.64. The van der Waals surface area contributed by atoms with Gasteiger partial charge >= 0.3 is 0 Å². The predicted molar refractivity (Wildman–Crippen MR) is 76.1 cm³/mol. The molecule has 0 aliphatic carbocycles. The van der Waals surface area contributed by atoms with Crippen LogP contribution in [0.2, 0.25) is 0 Å².